The number of halogens is 2. The van der Waals surface area contributed by atoms with Crippen LogP contribution in [0.15, 0.2) is 36.4 Å². The number of aliphatic carboxylic acids is 1. The molecule has 2 N–H and O–H groups in total. The molecule has 0 radical (unpaired) electrons. The van der Waals surface area contributed by atoms with Crippen molar-refractivity contribution in [3.8, 4) is 5.75 Å². The smallest absolute Gasteiger partial charge is 0.311 e. The van der Waals surface area contributed by atoms with Gasteiger partial charge < -0.3 is 10.2 Å². The van der Waals surface area contributed by atoms with Crippen LogP contribution in [0.2, 0.25) is 10.0 Å². The summed E-state index contributed by atoms with van der Waals surface area (Å²) in [4.78, 5) is 25.5. The summed E-state index contributed by atoms with van der Waals surface area (Å²) in [5, 5.41) is 21.2. The summed E-state index contributed by atoms with van der Waals surface area (Å²) in [6.07, 6.45) is 0. The Morgan fingerprint density at radius 1 is 1.07 bits per heavy atom. The third-order valence-electron chi connectivity index (χ3n) is 5.02. The molecule has 0 aliphatic rings. The van der Waals surface area contributed by atoms with Gasteiger partial charge in [0.1, 0.15) is 5.75 Å². The molecule has 5 nitrogen and oxygen atoms in total. The molecular formula is C22H21Cl2NO4. The second kappa shape index (κ2) is 7.39. The topological polar surface area (TPSA) is 79.5 Å². The summed E-state index contributed by atoms with van der Waals surface area (Å²) in [5.74, 6) is -2.41. The zero-order chi connectivity index (χ0) is 21.7. The Morgan fingerprint density at radius 3 is 2.17 bits per heavy atom. The number of nitrogens with zero attached hydrogens (tertiary/aromatic N) is 1. The largest absolute Gasteiger partial charge is 0.506 e. The zero-order valence-corrected chi connectivity index (χ0v) is 18.0. The maximum Gasteiger partial charge on any atom is 0.311 e. The van der Waals surface area contributed by atoms with Gasteiger partial charge >= 0.3 is 5.97 Å². The second-order valence-corrected chi connectivity index (χ2v) is 8.95. The highest BCUT2D eigenvalue weighted by atomic mass is 35.5. The van der Waals surface area contributed by atoms with Crippen LogP contribution in [-0.4, -0.2) is 26.7 Å². The standard InChI is InChI=1S/C22H21Cl2NO4/c1-11-18(19(21(28)29)22(2,3)4)14-9-17(26)15(24)10-16(14)25(11)20(27)12-5-7-13(23)8-6-12/h5-10,19,26H,1-4H3,(H,28,29). The lowest BCUT2D eigenvalue weighted by atomic mass is 9.75. The monoisotopic (exact) mass is 433 g/mol. The van der Waals surface area contributed by atoms with Crippen molar-refractivity contribution in [3.63, 3.8) is 0 Å². The van der Waals surface area contributed by atoms with E-state index in [0.717, 1.165) is 0 Å². The first-order valence-corrected chi connectivity index (χ1v) is 9.75. The fourth-order valence-corrected chi connectivity index (χ4v) is 4.01. The Labute approximate surface area is 178 Å². The first kappa shape index (κ1) is 21.2. The number of aromatic hydroxyl groups is 1. The Bertz CT molecular complexity index is 1120. The molecular weight excluding hydrogens is 413 g/mol. The molecule has 1 atom stereocenters. The van der Waals surface area contributed by atoms with Crippen LogP contribution in [0.25, 0.3) is 10.9 Å². The fraction of sp³-hybridized carbons (Fsp3) is 0.273. The number of carboxylic acid groups (broad SMARTS) is 1. The summed E-state index contributed by atoms with van der Waals surface area (Å²) in [6, 6.07) is 9.35. The molecule has 29 heavy (non-hydrogen) atoms. The van der Waals surface area contributed by atoms with Crippen molar-refractivity contribution in [2.24, 2.45) is 5.41 Å². The summed E-state index contributed by atoms with van der Waals surface area (Å²) in [5.41, 5.74) is 1.18. The number of phenolic OH excluding ortho intramolecular Hbond substituents is 1. The normalized spacial score (nSPS) is 12.9. The van der Waals surface area contributed by atoms with Crippen molar-refractivity contribution >= 4 is 46.0 Å². The number of benzene rings is 2. The molecule has 0 saturated carbocycles. The van der Waals surface area contributed by atoms with E-state index in [1.54, 1.807) is 31.2 Å². The van der Waals surface area contributed by atoms with E-state index in [1.807, 2.05) is 20.8 Å². The predicted octanol–water partition coefficient (Wildman–Crippen LogP) is 5.86. The number of aromatic nitrogens is 1. The van der Waals surface area contributed by atoms with Crippen LogP contribution in [0.4, 0.5) is 0 Å². The number of hydrogen-bond donors (Lipinski definition) is 2. The summed E-state index contributed by atoms with van der Waals surface area (Å²) >= 11 is 12.0. The summed E-state index contributed by atoms with van der Waals surface area (Å²) < 4.78 is 1.45. The van der Waals surface area contributed by atoms with E-state index in [0.29, 0.717) is 32.7 Å². The third kappa shape index (κ3) is 3.72. The van der Waals surface area contributed by atoms with Crippen LogP contribution in [0.1, 0.15) is 48.3 Å². The van der Waals surface area contributed by atoms with Gasteiger partial charge in [0.15, 0.2) is 0 Å². The molecule has 0 spiro atoms. The van der Waals surface area contributed by atoms with Crippen LogP contribution < -0.4 is 0 Å². The molecule has 1 aromatic heterocycles. The van der Waals surface area contributed by atoms with Gasteiger partial charge in [0.25, 0.3) is 5.91 Å². The zero-order valence-electron chi connectivity index (χ0n) is 16.5. The summed E-state index contributed by atoms with van der Waals surface area (Å²) in [7, 11) is 0. The Hall–Kier alpha value is -2.50. The lowest BCUT2D eigenvalue weighted by Crippen LogP contribution is -2.27. The Morgan fingerprint density at radius 2 is 1.66 bits per heavy atom. The number of carboxylic acids is 1. The molecule has 0 aliphatic heterocycles. The van der Waals surface area contributed by atoms with Crippen molar-refractivity contribution in [2.75, 3.05) is 0 Å². The molecule has 3 rings (SSSR count). The number of fused-ring (bicyclic) bond motifs is 1. The summed E-state index contributed by atoms with van der Waals surface area (Å²) in [6.45, 7) is 7.18. The van der Waals surface area contributed by atoms with Crippen molar-refractivity contribution in [2.45, 2.75) is 33.6 Å². The molecule has 0 fully saturated rings. The maximum atomic E-state index is 13.3. The van der Waals surface area contributed by atoms with Crippen molar-refractivity contribution in [1.29, 1.82) is 0 Å². The highest BCUT2D eigenvalue weighted by Gasteiger charge is 2.37. The minimum Gasteiger partial charge on any atom is -0.506 e. The van der Waals surface area contributed by atoms with E-state index in [9.17, 15) is 19.8 Å². The van der Waals surface area contributed by atoms with Gasteiger partial charge in [-0.1, -0.05) is 44.0 Å². The fourth-order valence-electron chi connectivity index (χ4n) is 3.72. The lowest BCUT2D eigenvalue weighted by molar-refractivity contribution is -0.141. The SMILES string of the molecule is Cc1c(C(C(=O)O)C(C)(C)C)c2cc(O)c(Cl)cc2n1C(=O)c1ccc(Cl)cc1. The van der Waals surface area contributed by atoms with Gasteiger partial charge in [-0.05, 0) is 54.3 Å². The van der Waals surface area contributed by atoms with E-state index in [4.69, 9.17) is 23.2 Å². The van der Waals surface area contributed by atoms with Gasteiger partial charge in [-0.3, -0.25) is 14.2 Å². The van der Waals surface area contributed by atoms with Gasteiger partial charge in [-0.2, -0.15) is 0 Å². The molecule has 7 heteroatoms. The Kier molecular flexibility index (Phi) is 5.41. The number of phenols is 1. The van der Waals surface area contributed by atoms with Crippen LogP contribution in [0.5, 0.6) is 5.75 Å². The molecule has 1 unspecified atom stereocenters. The van der Waals surface area contributed by atoms with E-state index in [1.165, 1.54) is 16.7 Å². The van der Waals surface area contributed by atoms with E-state index < -0.39 is 17.3 Å². The first-order valence-electron chi connectivity index (χ1n) is 9.00. The average Bonchev–Trinajstić information content (AvgIpc) is 2.86. The van der Waals surface area contributed by atoms with Gasteiger partial charge in [0, 0.05) is 21.7 Å². The molecule has 3 aromatic rings. The van der Waals surface area contributed by atoms with Crippen molar-refractivity contribution in [3.05, 3.63) is 63.3 Å². The van der Waals surface area contributed by atoms with Crippen LogP contribution in [-0.2, 0) is 4.79 Å². The highest BCUT2D eigenvalue weighted by molar-refractivity contribution is 6.33. The van der Waals surface area contributed by atoms with Gasteiger partial charge in [-0.15, -0.1) is 0 Å². The van der Waals surface area contributed by atoms with Crippen LogP contribution >= 0.6 is 23.2 Å². The van der Waals surface area contributed by atoms with Gasteiger partial charge in [-0.25, -0.2) is 0 Å². The molecule has 152 valence electrons. The van der Waals surface area contributed by atoms with Gasteiger partial charge in [0.05, 0.1) is 16.5 Å². The minimum absolute atomic E-state index is 0.0781. The van der Waals surface area contributed by atoms with Crippen molar-refractivity contribution in [1.82, 2.24) is 4.57 Å². The Balaban J connectivity index is 2.38. The molecule has 0 saturated heterocycles. The molecule has 2 aromatic carbocycles. The second-order valence-electron chi connectivity index (χ2n) is 8.10. The predicted molar refractivity (Wildman–Crippen MR) is 114 cm³/mol. The molecule has 0 amide bonds. The quantitative estimate of drug-likeness (QED) is 0.541. The average molecular weight is 434 g/mol. The number of hydrogen-bond acceptors (Lipinski definition) is 3. The van der Waals surface area contributed by atoms with Crippen molar-refractivity contribution < 1.29 is 19.8 Å². The highest BCUT2D eigenvalue weighted by Crippen LogP contribution is 2.44. The number of carbonyl (C=O) groups is 2. The number of carbonyl (C=O) groups excluding carboxylic acids is 1. The van der Waals surface area contributed by atoms with E-state index in [-0.39, 0.29) is 16.7 Å². The van der Waals surface area contributed by atoms with E-state index in [2.05, 4.69) is 0 Å². The molecule has 0 bridgehead atoms. The van der Waals surface area contributed by atoms with Crippen LogP contribution in [0.3, 0.4) is 0 Å². The molecule has 0 aliphatic carbocycles. The van der Waals surface area contributed by atoms with Gasteiger partial charge in [0.2, 0.25) is 0 Å². The minimum atomic E-state index is -1.01. The lowest BCUT2D eigenvalue weighted by Gasteiger charge is -2.27. The van der Waals surface area contributed by atoms with E-state index >= 15 is 0 Å². The maximum absolute atomic E-state index is 13.3. The molecule has 1 heterocycles. The number of rotatable bonds is 3. The first-order chi connectivity index (χ1) is 13.4. The van der Waals surface area contributed by atoms with Crippen LogP contribution in [0, 0.1) is 12.3 Å². The third-order valence-corrected chi connectivity index (χ3v) is 5.57.